The average molecular weight is 369 g/mol. The molecule has 1 aromatic carbocycles. The van der Waals surface area contributed by atoms with Crippen LogP contribution in [0.5, 0.6) is 5.75 Å². The summed E-state index contributed by atoms with van der Waals surface area (Å²) >= 11 is 0. The molecule has 25 heavy (non-hydrogen) atoms. The van der Waals surface area contributed by atoms with Crippen LogP contribution < -0.4 is 9.46 Å². The van der Waals surface area contributed by atoms with Gasteiger partial charge < -0.3 is 4.74 Å². The fourth-order valence-electron chi connectivity index (χ4n) is 3.43. The second-order valence-electron chi connectivity index (χ2n) is 7.47. The van der Waals surface area contributed by atoms with E-state index in [4.69, 9.17) is 4.74 Å². The van der Waals surface area contributed by atoms with Crippen molar-refractivity contribution in [2.75, 3.05) is 26.7 Å². The zero-order valence-corrected chi connectivity index (χ0v) is 16.9. The first-order valence-electron chi connectivity index (χ1n) is 9.13. The van der Waals surface area contributed by atoms with E-state index in [1.54, 1.807) is 12.1 Å². The van der Waals surface area contributed by atoms with Gasteiger partial charge in [-0.05, 0) is 75.4 Å². The van der Waals surface area contributed by atoms with Gasteiger partial charge in [0.25, 0.3) is 0 Å². The van der Waals surface area contributed by atoms with Crippen LogP contribution >= 0.6 is 0 Å². The Hall–Kier alpha value is -1.11. The third kappa shape index (κ3) is 5.19. The van der Waals surface area contributed by atoms with E-state index in [1.165, 1.54) is 20.0 Å². The van der Waals surface area contributed by atoms with Crippen molar-refractivity contribution in [2.24, 2.45) is 5.92 Å². The van der Waals surface area contributed by atoms with Crippen LogP contribution in [-0.4, -0.2) is 46.1 Å². The Morgan fingerprint density at radius 1 is 1.16 bits per heavy atom. The molecule has 0 aromatic heterocycles. The maximum absolute atomic E-state index is 12.9. The molecule has 0 bridgehead atoms. The van der Waals surface area contributed by atoms with Gasteiger partial charge in [-0.25, -0.2) is 13.1 Å². The van der Waals surface area contributed by atoms with Crippen molar-refractivity contribution in [3.05, 3.63) is 23.3 Å². The van der Waals surface area contributed by atoms with Crippen LogP contribution in [-0.2, 0) is 10.0 Å². The molecule has 1 heterocycles. The fourth-order valence-corrected chi connectivity index (χ4v) is 4.74. The van der Waals surface area contributed by atoms with E-state index < -0.39 is 10.0 Å². The molecule has 1 aliphatic rings. The number of ether oxygens (including phenoxy) is 1. The first-order valence-corrected chi connectivity index (χ1v) is 10.6. The van der Waals surface area contributed by atoms with Crippen LogP contribution in [0.3, 0.4) is 0 Å². The number of aryl methyl sites for hydroxylation is 2. The number of hydrogen-bond donors (Lipinski definition) is 1. The number of benzene rings is 1. The Morgan fingerprint density at radius 2 is 1.76 bits per heavy atom. The zero-order chi connectivity index (χ0) is 18.6. The van der Waals surface area contributed by atoms with Crippen molar-refractivity contribution in [3.8, 4) is 5.75 Å². The van der Waals surface area contributed by atoms with Crippen LogP contribution in [0.25, 0.3) is 0 Å². The highest BCUT2D eigenvalue weighted by atomic mass is 32.2. The van der Waals surface area contributed by atoms with Gasteiger partial charge in [-0.3, -0.25) is 4.90 Å². The van der Waals surface area contributed by atoms with E-state index in [0.29, 0.717) is 18.2 Å². The molecule has 1 aromatic rings. The Bertz CT molecular complexity index is 680. The van der Waals surface area contributed by atoms with Gasteiger partial charge in [-0.2, -0.15) is 0 Å². The van der Waals surface area contributed by atoms with Crippen molar-refractivity contribution in [3.63, 3.8) is 0 Å². The second-order valence-corrected chi connectivity index (χ2v) is 9.20. The minimum absolute atomic E-state index is 0.225. The molecule has 1 aliphatic heterocycles. The molecule has 0 spiro atoms. The van der Waals surface area contributed by atoms with E-state index in [2.05, 4.69) is 23.5 Å². The standard InChI is InChI=1S/C19H32N2O3S/c1-14(2)10-17(21-8-6-7-9-21)13-20-25(22,23)19-12-16(4)15(3)11-18(19)24-5/h11-12,14,17,20H,6-10,13H2,1-5H3. The Labute approximate surface area is 152 Å². The third-order valence-electron chi connectivity index (χ3n) is 4.98. The van der Waals surface area contributed by atoms with E-state index in [-0.39, 0.29) is 10.9 Å². The van der Waals surface area contributed by atoms with Crippen molar-refractivity contribution in [1.82, 2.24) is 9.62 Å². The number of nitrogens with zero attached hydrogens (tertiary/aromatic N) is 1. The van der Waals surface area contributed by atoms with E-state index >= 15 is 0 Å². The van der Waals surface area contributed by atoms with E-state index in [9.17, 15) is 8.42 Å². The molecule has 142 valence electrons. The van der Waals surface area contributed by atoms with Gasteiger partial charge >= 0.3 is 0 Å². The van der Waals surface area contributed by atoms with Gasteiger partial charge in [0.15, 0.2) is 0 Å². The molecule has 6 heteroatoms. The summed E-state index contributed by atoms with van der Waals surface area (Å²) in [6, 6.07) is 3.73. The maximum atomic E-state index is 12.9. The monoisotopic (exact) mass is 368 g/mol. The Kier molecular flexibility index (Phi) is 6.88. The van der Waals surface area contributed by atoms with E-state index in [1.807, 2.05) is 13.8 Å². The average Bonchev–Trinajstić information content (AvgIpc) is 3.07. The SMILES string of the molecule is COc1cc(C)c(C)cc1S(=O)(=O)NCC(CC(C)C)N1CCCC1. The molecular formula is C19H32N2O3S. The molecular weight excluding hydrogens is 336 g/mol. The normalized spacial score (nSPS) is 17.2. The smallest absolute Gasteiger partial charge is 0.244 e. The highest BCUT2D eigenvalue weighted by molar-refractivity contribution is 7.89. The minimum atomic E-state index is -3.60. The van der Waals surface area contributed by atoms with Gasteiger partial charge in [-0.15, -0.1) is 0 Å². The largest absolute Gasteiger partial charge is 0.495 e. The highest BCUT2D eigenvalue weighted by Gasteiger charge is 2.26. The molecule has 1 N–H and O–H groups in total. The fraction of sp³-hybridized carbons (Fsp3) is 0.684. The first kappa shape index (κ1) is 20.2. The summed E-state index contributed by atoms with van der Waals surface area (Å²) in [6.07, 6.45) is 3.39. The summed E-state index contributed by atoms with van der Waals surface area (Å²) in [5, 5.41) is 0. The highest BCUT2D eigenvalue weighted by Crippen LogP contribution is 2.27. The lowest BCUT2D eigenvalue weighted by Crippen LogP contribution is -2.43. The van der Waals surface area contributed by atoms with Crippen LogP contribution in [0, 0.1) is 19.8 Å². The summed E-state index contributed by atoms with van der Waals surface area (Å²) in [5.74, 6) is 0.934. The number of likely N-dealkylation sites (tertiary alicyclic amines) is 1. The van der Waals surface area contributed by atoms with Crippen LogP contribution in [0.2, 0.25) is 0 Å². The molecule has 1 fully saturated rings. The van der Waals surface area contributed by atoms with Gasteiger partial charge in [0.05, 0.1) is 7.11 Å². The van der Waals surface area contributed by atoms with Gasteiger partial charge in [0.2, 0.25) is 10.0 Å². The first-order chi connectivity index (χ1) is 11.7. The summed E-state index contributed by atoms with van der Waals surface area (Å²) < 4.78 is 33.9. The van der Waals surface area contributed by atoms with Crippen LogP contribution in [0.15, 0.2) is 17.0 Å². The Balaban J connectivity index is 2.18. The number of hydrogen-bond acceptors (Lipinski definition) is 4. The molecule has 2 rings (SSSR count). The summed E-state index contributed by atoms with van der Waals surface area (Å²) in [5.41, 5.74) is 1.96. The maximum Gasteiger partial charge on any atom is 0.244 e. The molecule has 0 radical (unpaired) electrons. The third-order valence-corrected chi connectivity index (χ3v) is 6.42. The lowest BCUT2D eigenvalue weighted by Gasteiger charge is -2.29. The molecule has 1 atom stereocenters. The van der Waals surface area contributed by atoms with Gasteiger partial charge in [-0.1, -0.05) is 13.8 Å². The second kappa shape index (κ2) is 8.52. The topological polar surface area (TPSA) is 58.6 Å². The predicted molar refractivity (Wildman–Crippen MR) is 102 cm³/mol. The lowest BCUT2D eigenvalue weighted by molar-refractivity contribution is 0.214. The molecule has 0 amide bonds. The molecule has 1 saturated heterocycles. The quantitative estimate of drug-likeness (QED) is 0.766. The van der Waals surface area contributed by atoms with E-state index in [0.717, 1.165) is 30.6 Å². The molecule has 5 nitrogen and oxygen atoms in total. The number of rotatable bonds is 8. The Morgan fingerprint density at radius 3 is 2.32 bits per heavy atom. The minimum Gasteiger partial charge on any atom is -0.495 e. The van der Waals surface area contributed by atoms with Gasteiger partial charge in [0, 0.05) is 12.6 Å². The summed E-state index contributed by atoms with van der Waals surface area (Å²) in [6.45, 7) is 10.8. The van der Waals surface area contributed by atoms with Crippen molar-refractivity contribution in [1.29, 1.82) is 0 Å². The number of nitrogens with one attached hydrogen (secondary N) is 1. The molecule has 1 unspecified atom stereocenters. The van der Waals surface area contributed by atoms with Crippen molar-refractivity contribution < 1.29 is 13.2 Å². The lowest BCUT2D eigenvalue weighted by atomic mass is 10.0. The van der Waals surface area contributed by atoms with Gasteiger partial charge in [0.1, 0.15) is 10.6 Å². The summed E-state index contributed by atoms with van der Waals surface area (Å²) in [7, 11) is -2.10. The molecule has 0 aliphatic carbocycles. The van der Waals surface area contributed by atoms with Crippen LogP contribution in [0.1, 0.15) is 44.2 Å². The van der Waals surface area contributed by atoms with Crippen molar-refractivity contribution >= 4 is 10.0 Å². The zero-order valence-electron chi connectivity index (χ0n) is 16.1. The van der Waals surface area contributed by atoms with Crippen LogP contribution in [0.4, 0.5) is 0 Å². The molecule has 0 saturated carbocycles. The van der Waals surface area contributed by atoms with Crippen molar-refractivity contribution in [2.45, 2.75) is 57.9 Å². The number of methoxy groups -OCH3 is 1. The predicted octanol–water partition coefficient (Wildman–Crippen LogP) is 3.10. The summed E-state index contributed by atoms with van der Waals surface area (Å²) in [4.78, 5) is 2.64. The number of sulfonamides is 1.